The molecule has 1 N–H and O–H groups in total. The third-order valence-corrected chi connectivity index (χ3v) is 9.90. The molecular formula is C29H39N3O4S. The summed E-state index contributed by atoms with van der Waals surface area (Å²) in [6.45, 7) is 3.18. The predicted molar refractivity (Wildman–Crippen MR) is 145 cm³/mol. The Hall–Kier alpha value is -2.45. The summed E-state index contributed by atoms with van der Waals surface area (Å²) in [6, 6.07) is 11.7. The number of ketones is 1. The quantitative estimate of drug-likeness (QED) is 0.460. The van der Waals surface area contributed by atoms with Crippen molar-refractivity contribution in [1.82, 2.24) is 4.98 Å². The Morgan fingerprint density at radius 2 is 1.73 bits per heavy atom. The second-order valence-electron chi connectivity index (χ2n) is 10.9. The van der Waals surface area contributed by atoms with Gasteiger partial charge in [-0.15, -0.1) is 0 Å². The fourth-order valence-electron chi connectivity index (χ4n) is 6.89. The van der Waals surface area contributed by atoms with Gasteiger partial charge in [-0.05, 0) is 74.3 Å². The van der Waals surface area contributed by atoms with Crippen molar-refractivity contribution in [3.05, 3.63) is 48.7 Å². The number of carbonyl (C=O) groups excluding carboxylic acids is 1. The van der Waals surface area contributed by atoms with E-state index in [0.29, 0.717) is 37.1 Å². The Morgan fingerprint density at radius 1 is 1.03 bits per heavy atom. The van der Waals surface area contributed by atoms with Crippen LogP contribution in [-0.2, 0) is 19.6 Å². The van der Waals surface area contributed by atoms with Gasteiger partial charge in [0.2, 0.25) is 0 Å². The molecule has 2 aromatic rings. The minimum absolute atomic E-state index is 0.0307. The third-order valence-electron chi connectivity index (χ3n) is 8.61. The standard InChI is InChI=1S/C29H39N3O4S/c1-2-18-32(25-15-9-14-24(19-25)31-37(34,35)28-16-7-8-17-30-28)26-21-36-29(20-27(26)33,22-10-3-4-11-22)23-12-5-6-13-23/h7-9,14-17,19,22-23,26,31H,2-6,10-13,18,20-21H2,1H3. The number of anilines is 2. The van der Waals surface area contributed by atoms with Crippen LogP contribution in [0.4, 0.5) is 11.4 Å². The van der Waals surface area contributed by atoms with Crippen molar-refractivity contribution >= 4 is 27.2 Å². The molecule has 1 unspecified atom stereocenters. The van der Waals surface area contributed by atoms with E-state index in [1.165, 1.54) is 63.6 Å². The lowest BCUT2D eigenvalue weighted by Gasteiger charge is -2.49. The monoisotopic (exact) mass is 525 g/mol. The minimum Gasteiger partial charge on any atom is -0.371 e. The number of Topliss-reactive ketones (excluding diaryl/α,β-unsaturated/α-hetero) is 1. The molecule has 0 amide bonds. The first kappa shape index (κ1) is 26.2. The zero-order chi connectivity index (χ0) is 25.9. The molecule has 3 aliphatic rings. The van der Waals surface area contributed by atoms with Gasteiger partial charge in [-0.25, -0.2) is 4.98 Å². The summed E-state index contributed by atoms with van der Waals surface area (Å²) in [5, 5.41) is -0.0307. The zero-order valence-corrected chi connectivity index (χ0v) is 22.6. The minimum atomic E-state index is -3.81. The number of nitrogens with one attached hydrogen (secondary N) is 1. The van der Waals surface area contributed by atoms with E-state index in [1.54, 1.807) is 24.3 Å². The van der Waals surface area contributed by atoms with Gasteiger partial charge in [0.1, 0.15) is 6.04 Å². The van der Waals surface area contributed by atoms with E-state index in [9.17, 15) is 13.2 Å². The van der Waals surface area contributed by atoms with E-state index in [1.807, 2.05) is 12.1 Å². The zero-order valence-electron chi connectivity index (χ0n) is 21.8. The average molecular weight is 526 g/mol. The molecule has 1 aromatic carbocycles. The summed E-state index contributed by atoms with van der Waals surface area (Å²) in [7, 11) is -3.81. The number of rotatable bonds is 9. The molecule has 8 heteroatoms. The van der Waals surface area contributed by atoms with E-state index >= 15 is 0 Å². The Kier molecular flexibility index (Phi) is 7.86. The van der Waals surface area contributed by atoms with Gasteiger partial charge < -0.3 is 9.64 Å². The lowest BCUT2D eigenvalue weighted by atomic mass is 9.70. The molecular weight excluding hydrogens is 486 g/mol. The fourth-order valence-corrected chi connectivity index (χ4v) is 7.89. The van der Waals surface area contributed by atoms with E-state index in [0.717, 1.165) is 12.1 Å². The topological polar surface area (TPSA) is 88.6 Å². The van der Waals surface area contributed by atoms with Crippen LogP contribution in [0, 0.1) is 11.8 Å². The summed E-state index contributed by atoms with van der Waals surface area (Å²) in [4.78, 5) is 19.9. The van der Waals surface area contributed by atoms with Crippen molar-refractivity contribution in [2.45, 2.75) is 87.8 Å². The van der Waals surface area contributed by atoms with Gasteiger partial charge >= 0.3 is 0 Å². The van der Waals surface area contributed by atoms with Crippen molar-refractivity contribution < 1.29 is 17.9 Å². The second kappa shape index (κ2) is 11.1. The third kappa shape index (κ3) is 5.41. The first-order valence-corrected chi connectivity index (χ1v) is 15.4. The van der Waals surface area contributed by atoms with Crippen molar-refractivity contribution in [3.8, 4) is 0 Å². The smallest absolute Gasteiger partial charge is 0.279 e. The molecule has 0 radical (unpaired) electrons. The van der Waals surface area contributed by atoms with Crippen LogP contribution in [0.15, 0.2) is 53.7 Å². The molecule has 1 aliphatic heterocycles. The van der Waals surface area contributed by atoms with Gasteiger partial charge in [0.25, 0.3) is 10.0 Å². The highest BCUT2D eigenvalue weighted by Crippen LogP contribution is 2.50. The van der Waals surface area contributed by atoms with Crippen LogP contribution in [0.25, 0.3) is 0 Å². The number of carbonyl (C=O) groups is 1. The molecule has 1 atom stereocenters. The largest absolute Gasteiger partial charge is 0.371 e. The van der Waals surface area contributed by atoms with Gasteiger partial charge in [-0.3, -0.25) is 9.52 Å². The van der Waals surface area contributed by atoms with E-state index in [-0.39, 0.29) is 22.5 Å². The van der Waals surface area contributed by atoms with Crippen LogP contribution in [-0.4, -0.2) is 44.0 Å². The van der Waals surface area contributed by atoms with E-state index < -0.39 is 10.0 Å². The lowest BCUT2D eigenvalue weighted by molar-refractivity contribution is -0.169. The van der Waals surface area contributed by atoms with E-state index in [2.05, 4.69) is 21.5 Å². The number of sulfonamides is 1. The number of hydrogen-bond acceptors (Lipinski definition) is 6. The van der Waals surface area contributed by atoms with Crippen LogP contribution in [0.5, 0.6) is 0 Å². The van der Waals surface area contributed by atoms with Crippen LogP contribution in [0.1, 0.15) is 71.1 Å². The maximum absolute atomic E-state index is 13.9. The summed E-state index contributed by atoms with van der Waals surface area (Å²) in [6.07, 6.45) is 12.5. The average Bonchev–Trinajstić information content (AvgIpc) is 3.64. The summed E-state index contributed by atoms with van der Waals surface area (Å²) >= 11 is 0. The molecule has 3 fully saturated rings. The van der Waals surface area contributed by atoms with Crippen LogP contribution in [0.3, 0.4) is 0 Å². The molecule has 0 bridgehead atoms. The Labute approximate surface area is 221 Å². The first-order valence-electron chi connectivity index (χ1n) is 13.9. The van der Waals surface area contributed by atoms with Crippen molar-refractivity contribution in [1.29, 1.82) is 0 Å². The highest BCUT2D eigenvalue weighted by molar-refractivity contribution is 7.92. The highest BCUT2D eigenvalue weighted by atomic mass is 32.2. The molecule has 7 nitrogen and oxygen atoms in total. The fraction of sp³-hybridized carbons (Fsp3) is 0.586. The molecule has 1 saturated heterocycles. The molecule has 2 saturated carbocycles. The summed E-state index contributed by atoms with van der Waals surface area (Å²) in [5.41, 5.74) is 0.970. The Morgan fingerprint density at radius 3 is 2.32 bits per heavy atom. The number of aromatic nitrogens is 1. The summed E-state index contributed by atoms with van der Waals surface area (Å²) < 4.78 is 35.1. The lowest BCUT2D eigenvalue weighted by Crippen LogP contribution is -2.59. The number of nitrogens with zero attached hydrogens (tertiary/aromatic N) is 2. The first-order chi connectivity index (χ1) is 17.9. The molecule has 2 heterocycles. The SMILES string of the molecule is CCCN(c1cccc(NS(=O)(=O)c2ccccn2)c1)C1COC(C2CCCC2)(C2CCCC2)CC1=O. The van der Waals surface area contributed by atoms with Gasteiger partial charge in [0.05, 0.1) is 17.9 Å². The van der Waals surface area contributed by atoms with Crippen molar-refractivity contribution in [2.75, 3.05) is 22.8 Å². The molecule has 5 rings (SSSR count). The summed E-state index contributed by atoms with van der Waals surface area (Å²) in [5.74, 6) is 1.24. The number of ether oxygens (including phenoxy) is 1. The van der Waals surface area contributed by atoms with Gasteiger partial charge in [0, 0.05) is 24.8 Å². The highest BCUT2D eigenvalue weighted by Gasteiger charge is 2.53. The molecule has 1 aromatic heterocycles. The number of hydrogen-bond donors (Lipinski definition) is 1. The van der Waals surface area contributed by atoms with Gasteiger partial charge in [-0.1, -0.05) is 44.7 Å². The van der Waals surface area contributed by atoms with E-state index in [4.69, 9.17) is 4.74 Å². The van der Waals surface area contributed by atoms with Crippen molar-refractivity contribution in [3.63, 3.8) is 0 Å². The predicted octanol–water partition coefficient (Wildman–Crippen LogP) is 5.58. The van der Waals surface area contributed by atoms with Crippen LogP contribution in [0.2, 0.25) is 0 Å². The maximum Gasteiger partial charge on any atom is 0.279 e. The Balaban J connectivity index is 1.37. The molecule has 37 heavy (non-hydrogen) atoms. The Bertz CT molecular complexity index is 1160. The number of benzene rings is 1. The molecule has 200 valence electrons. The van der Waals surface area contributed by atoms with Crippen LogP contribution < -0.4 is 9.62 Å². The normalized spacial score (nSPS) is 22.8. The molecule has 2 aliphatic carbocycles. The van der Waals surface area contributed by atoms with Gasteiger partial charge in [-0.2, -0.15) is 8.42 Å². The maximum atomic E-state index is 13.9. The van der Waals surface area contributed by atoms with Crippen molar-refractivity contribution in [2.24, 2.45) is 11.8 Å². The molecule has 0 spiro atoms. The van der Waals surface area contributed by atoms with Gasteiger partial charge in [0.15, 0.2) is 10.8 Å². The van der Waals surface area contributed by atoms with Crippen LogP contribution >= 0.6 is 0 Å². The second-order valence-corrected chi connectivity index (χ2v) is 12.5. The number of pyridine rings is 1.